The maximum absolute atomic E-state index is 10.8. The Balaban J connectivity index is 2.08. The predicted molar refractivity (Wildman–Crippen MR) is 86.9 cm³/mol. The molecule has 0 saturated carbocycles. The number of carboxylic acids is 1. The molecule has 2 aromatic rings. The minimum atomic E-state index is -0.937. The number of nitrogens with zero attached hydrogens (tertiary/aromatic N) is 3. The fourth-order valence-electron chi connectivity index (χ4n) is 1.98. The molecule has 0 aliphatic carbocycles. The number of nitrogens with one attached hydrogen (secondary N) is 1. The number of hydrogen-bond acceptors (Lipinski definition) is 5. The third kappa shape index (κ3) is 4.18. The molecule has 22 heavy (non-hydrogen) atoms. The van der Waals surface area contributed by atoms with E-state index >= 15 is 0 Å². The van der Waals surface area contributed by atoms with Gasteiger partial charge in [-0.3, -0.25) is 0 Å². The van der Waals surface area contributed by atoms with E-state index in [2.05, 4.69) is 27.1 Å². The molecule has 0 saturated heterocycles. The van der Waals surface area contributed by atoms with E-state index in [4.69, 9.17) is 5.11 Å². The average molecular weight is 300 g/mol. The summed E-state index contributed by atoms with van der Waals surface area (Å²) in [5.74, 6) is 0.595. The number of hydrogen-bond donors (Lipinski definition) is 2. The summed E-state index contributed by atoms with van der Waals surface area (Å²) in [6.45, 7) is 3.10. The van der Waals surface area contributed by atoms with Crippen molar-refractivity contribution in [3.8, 4) is 0 Å². The van der Waals surface area contributed by atoms with Crippen molar-refractivity contribution >= 4 is 23.3 Å². The van der Waals surface area contributed by atoms with Crippen LogP contribution < -0.4 is 10.2 Å². The van der Waals surface area contributed by atoms with E-state index in [0.717, 1.165) is 30.9 Å². The van der Waals surface area contributed by atoms with Crippen LogP contribution in [0.15, 0.2) is 36.7 Å². The molecular weight excluding hydrogens is 280 g/mol. The van der Waals surface area contributed by atoms with Crippen molar-refractivity contribution in [1.82, 2.24) is 9.97 Å². The van der Waals surface area contributed by atoms with Crippen molar-refractivity contribution in [2.45, 2.75) is 19.8 Å². The maximum atomic E-state index is 10.8. The lowest BCUT2D eigenvalue weighted by atomic mass is 10.2. The summed E-state index contributed by atoms with van der Waals surface area (Å²) < 4.78 is 0. The molecule has 0 aliphatic rings. The van der Waals surface area contributed by atoms with Gasteiger partial charge in [-0.1, -0.05) is 13.3 Å². The van der Waals surface area contributed by atoms with Gasteiger partial charge < -0.3 is 15.3 Å². The molecule has 6 nitrogen and oxygen atoms in total. The van der Waals surface area contributed by atoms with E-state index in [1.54, 1.807) is 24.3 Å². The van der Waals surface area contributed by atoms with E-state index < -0.39 is 5.97 Å². The van der Waals surface area contributed by atoms with Crippen molar-refractivity contribution < 1.29 is 9.90 Å². The van der Waals surface area contributed by atoms with Gasteiger partial charge in [-0.25, -0.2) is 14.8 Å². The Hall–Kier alpha value is -2.63. The second-order valence-electron chi connectivity index (χ2n) is 5.04. The van der Waals surface area contributed by atoms with Gasteiger partial charge in [0.2, 0.25) is 0 Å². The van der Waals surface area contributed by atoms with Crippen molar-refractivity contribution in [2.75, 3.05) is 23.8 Å². The number of anilines is 3. The molecule has 1 heterocycles. The molecule has 1 aromatic heterocycles. The lowest BCUT2D eigenvalue weighted by Gasteiger charge is -2.18. The number of carboxylic acid groups (broad SMARTS) is 1. The molecule has 0 atom stereocenters. The maximum Gasteiger partial charge on any atom is 0.335 e. The largest absolute Gasteiger partial charge is 0.478 e. The second kappa shape index (κ2) is 7.40. The number of unbranched alkanes of at least 4 members (excludes halogenated alkanes) is 1. The average Bonchev–Trinajstić information content (AvgIpc) is 2.53. The molecule has 2 N–H and O–H groups in total. The second-order valence-corrected chi connectivity index (χ2v) is 5.04. The van der Waals surface area contributed by atoms with E-state index in [1.165, 1.54) is 6.33 Å². The minimum Gasteiger partial charge on any atom is -0.478 e. The molecule has 0 amide bonds. The van der Waals surface area contributed by atoms with Gasteiger partial charge >= 0.3 is 5.97 Å². The molecule has 1 aromatic carbocycles. The summed E-state index contributed by atoms with van der Waals surface area (Å²) in [5.41, 5.74) is 1.04. The molecule has 0 bridgehead atoms. The van der Waals surface area contributed by atoms with Gasteiger partial charge in [-0.2, -0.15) is 0 Å². The molecule has 0 unspecified atom stereocenters. The van der Waals surface area contributed by atoms with E-state index in [0.29, 0.717) is 5.82 Å². The van der Waals surface area contributed by atoms with Crippen LogP contribution in [0.1, 0.15) is 30.1 Å². The Morgan fingerprint density at radius 3 is 2.64 bits per heavy atom. The Bertz CT molecular complexity index is 628. The van der Waals surface area contributed by atoms with Crippen molar-refractivity contribution in [2.24, 2.45) is 0 Å². The van der Waals surface area contributed by atoms with Crippen LogP contribution in [0.5, 0.6) is 0 Å². The van der Waals surface area contributed by atoms with Gasteiger partial charge in [0, 0.05) is 25.3 Å². The fourth-order valence-corrected chi connectivity index (χ4v) is 1.98. The van der Waals surface area contributed by atoms with Crippen LogP contribution in [0.4, 0.5) is 17.3 Å². The highest BCUT2D eigenvalue weighted by atomic mass is 16.4. The van der Waals surface area contributed by atoms with Crippen LogP contribution >= 0.6 is 0 Å². The van der Waals surface area contributed by atoms with E-state index in [-0.39, 0.29) is 5.56 Å². The van der Waals surface area contributed by atoms with Crippen LogP contribution in [0.2, 0.25) is 0 Å². The van der Waals surface area contributed by atoms with Gasteiger partial charge in [0.25, 0.3) is 0 Å². The summed E-state index contributed by atoms with van der Waals surface area (Å²) >= 11 is 0. The molecule has 2 rings (SSSR count). The summed E-state index contributed by atoms with van der Waals surface area (Å²) in [6.07, 6.45) is 3.77. The molecule has 0 spiro atoms. The van der Waals surface area contributed by atoms with Crippen molar-refractivity contribution in [3.05, 3.63) is 42.2 Å². The normalized spacial score (nSPS) is 10.3. The molecule has 116 valence electrons. The molecule has 6 heteroatoms. The lowest BCUT2D eigenvalue weighted by molar-refractivity contribution is 0.0697. The third-order valence-corrected chi connectivity index (χ3v) is 3.30. The summed E-state index contributed by atoms with van der Waals surface area (Å²) in [7, 11) is 2.00. The lowest BCUT2D eigenvalue weighted by Crippen LogP contribution is -2.19. The number of aromatic nitrogens is 2. The summed E-state index contributed by atoms with van der Waals surface area (Å²) in [6, 6.07) is 8.42. The quantitative estimate of drug-likeness (QED) is 0.818. The van der Waals surface area contributed by atoms with Crippen LogP contribution in [0.3, 0.4) is 0 Å². The highest BCUT2D eigenvalue weighted by Crippen LogP contribution is 2.18. The first-order valence-corrected chi connectivity index (χ1v) is 7.23. The summed E-state index contributed by atoms with van der Waals surface area (Å²) in [5, 5.41) is 12.0. The molecular formula is C16H20N4O2. The van der Waals surface area contributed by atoms with Crippen LogP contribution in [-0.4, -0.2) is 34.6 Å². The van der Waals surface area contributed by atoms with Crippen LogP contribution in [-0.2, 0) is 0 Å². The standard InChI is InChI=1S/C16H20N4O2/c1-3-4-9-20(2)15-10-14(17-11-18-15)19-13-7-5-12(6-8-13)16(21)22/h5-8,10-11H,3-4,9H2,1-2H3,(H,21,22)(H,17,18,19). The van der Waals surface area contributed by atoms with Gasteiger partial charge in [-0.05, 0) is 30.7 Å². The monoisotopic (exact) mass is 300 g/mol. The van der Waals surface area contributed by atoms with Gasteiger partial charge in [0.05, 0.1) is 5.56 Å². The van der Waals surface area contributed by atoms with E-state index in [1.807, 2.05) is 13.1 Å². The number of rotatable bonds is 7. The Morgan fingerprint density at radius 2 is 2.00 bits per heavy atom. The Labute approximate surface area is 129 Å². The highest BCUT2D eigenvalue weighted by molar-refractivity contribution is 5.88. The minimum absolute atomic E-state index is 0.258. The smallest absolute Gasteiger partial charge is 0.335 e. The Morgan fingerprint density at radius 1 is 1.27 bits per heavy atom. The third-order valence-electron chi connectivity index (χ3n) is 3.30. The SMILES string of the molecule is CCCCN(C)c1cc(Nc2ccc(C(=O)O)cc2)ncn1. The fraction of sp³-hybridized carbons (Fsp3) is 0.312. The number of benzene rings is 1. The van der Waals surface area contributed by atoms with Crippen LogP contribution in [0, 0.1) is 0 Å². The zero-order valence-corrected chi connectivity index (χ0v) is 12.8. The molecule has 0 fully saturated rings. The molecule has 0 radical (unpaired) electrons. The first kappa shape index (κ1) is 15.8. The predicted octanol–water partition coefficient (Wildman–Crippen LogP) is 3.15. The first-order valence-electron chi connectivity index (χ1n) is 7.23. The van der Waals surface area contributed by atoms with Crippen molar-refractivity contribution in [3.63, 3.8) is 0 Å². The number of carbonyl (C=O) groups is 1. The van der Waals surface area contributed by atoms with Gasteiger partial charge in [-0.15, -0.1) is 0 Å². The molecule has 0 aliphatic heterocycles. The zero-order chi connectivity index (χ0) is 15.9. The Kier molecular flexibility index (Phi) is 5.30. The zero-order valence-electron chi connectivity index (χ0n) is 12.8. The summed E-state index contributed by atoms with van der Waals surface area (Å²) in [4.78, 5) is 21.4. The van der Waals surface area contributed by atoms with Gasteiger partial charge in [0.1, 0.15) is 18.0 Å². The van der Waals surface area contributed by atoms with Crippen molar-refractivity contribution in [1.29, 1.82) is 0 Å². The van der Waals surface area contributed by atoms with E-state index in [9.17, 15) is 4.79 Å². The highest BCUT2D eigenvalue weighted by Gasteiger charge is 2.05. The topological polar surface area (TPSA) is 78.4 Å². The first-order chi connectivity index (χ1) is 10.6. The van der Waals surface area contributed by atoms with Gasteiger partial charge in [0.15, 0.2) is 0 Å². The van der Waals surface area contributed by atoms with Crippen LogP contribution in [0.25, 0.3) is 0 Å². The number of aromatic carboxylic acids is 1.